The van der Waals surface area contributed by atoms with Crippen molar-refractivity contribution >= 4 is 27.5 Å². The van der Waals surface area contributed by atoms with Crippen molar-refractivity contribution in [2.75, 3.05) is 0 Å². The Balaban J connectivity index is 2.11. The minimum atomic E-state index is 0.459. The van der Waals surface area contributed by atoms with E-state index >= 15 is 0 Å². The Bertz CT molecular complexity index is 586. The first-order valence-electron chi connectivity index (χ1n) is 6.50. The van der Waals surface area contributed by atoms with E-state index in [2.05, 4.69) is 35.1 Å². The lowest BCUT2D eigenvalue weighted by atomic mass is 10.2. The van der Waals surface area contributed by atoms with Crippen molar-refractivity contribution < 1.29 is 4.74 Å². The summed E-state index contributed by atoms with van der Waals surface area (Å²) < 4.78 is 6.81. The Hall–Kier alpha value is -1.03. The van der Waals surface area contributed by atoms with E-state index in [0.717, 1.165) is 16.8 Å². The summed E-state index contributed by atoms with van der Waals surface area (Å²) in [5.74, 6) is 1.42. The first kappa shape index (κ1) is 15.4. The molecule has 0 heterocycles. The molecular formula is C16H17BrClNO. The van der Waals surface area contributed by atoms with Crippen LogP contribution in [0, 0.1) is 0 Å². The number of halogens is 2. The van der Waals surface area contributed by atoms with Crippen LogP contribution in [0.2, 0.25) is 5.02 Å². The van der Waals surface area contributed by atoms with Crippen LogP contribution in [0.3, 0.4) is 0 Å². The molecule has 0 aliphatic heterocycles. The molecule has 0 saturated carbocycles. The SMILES string of the molecule is CC(C)NCc1ccc(Oc2ccccc2Cl)cc1Br. The van der Waals surface area contributed by atoms with Gasteiger partial charge in [0, 0.05) is 17.1 Å². The molecule has 4 heteroatoms. The van der Waals surface area contributed by atoms with Crippen LogP contribution >= 0.6 is 27.5 Å². The summed E-state index contributed by atoms with van der Waals surface area (Å²) in [7, 11) is 0. The largest absolute Gasteiger partial charge is 0.456 e. The van der Waals surface area contributed by atoms with Gasteiger partial charge < -0.3 is 10.1 Å². The predicted octanol–water partition coefficient (Wildman–Crippen LogP) is 5.39. The van der Waals surface area contributed by atoms with Crippen molar-refractivity contribution in [2.24, 2.45) is 0 Å². The summed E-state index contributed by atoms with van der Waals surface area (Å²) in [5, 5.41) is 3.99. The van der Waals surface area contributed by atoms with E-state index < -0.39 is 0 Å². The fourth-order valence-electron chi connectivity index (χ4n) is 1.70. The lowest BCUT2D eigenvalue weighted by molar-refractivity contribution is 0.482. The fourth-order valence-corrected chi connectivity index (χ4v) is 2.38. The summed E-state index contributed by atoms with van der Waals surface area (Å²) in [4.78, 5) is 0. The highest BCUT2D eigenvalue weighted by Gasteiger charge is 2.06. The average molecular weight is 355 g/mol. The fraction of sp³-hybridized carbons (Fsp3) is 0.250. The number of para-hydroxylation sites is 1. The number of benzene rings is 2. The zero-order valence-electron chi connectivity index (χ0n) is 11.5. The second-order valence-electron chi connectivity index (χ2n) is 4.82. The summed E-state index contributed by atoms with van der Waals surface area (Å²) >= 11 is 9.66. The molecular weight excluding hydrogens is 338 g/mol. The molecule has 2 rings (SSSR count). The Morgan fingerprint density at radius 3 is 2.60 bits per heavy atom. The van der Waals surface area contributed by atoms with Crippen molar-refractivity contribution in [3.05, 3.63) is 57.5 Å². The molecule has 2 aromatic rings. The van der Waals surface area contributed by atoms with Crippen molar-refractivity contribution in [3.63, 3.8) is 0 Å². The van der Waals surface area contributed by atoms with E-state index in [1.165, 1.54) is 5.56 Å². The van der Waals surface area contributed by atoms with Crippen LogP contribution in [0.25, 0.3) is 0 Å². The van der Waals surface area contributed by atoms with Crippen LogP contribution in [0.15, 0.2) is 46.9 Å². The molecule has 106 valence electrons. The normalized spacial score (nSPS) is 10.8. The van der Waals surface area contributed by atoms with Crippen LogP contribution in [-0.2, 0) is 6.54 Å². The van der Waals surface area contributed by atoms with E-state index in [1.807, 2.05) is 42.5 Å². The van der Waals surface area contributed by atoms with Gasteiger partial charge >= 0.3 is 0 Å². The zero-order valence-corrected chi connectivity index (χ0v) is 13.8. The highest BCUT2D eigenvalue weighted by atomic mass is 79.9. The predicted molar refractivity (Wildman–Crippen MR) is 87.6 cm³/mol. The molecule has 0 aromatic heterocycles. The van der Waals surface area contributed by atoms with Crippen molar-refractivity contribution in [3.8, 4) is 11.5 Å². The number of ether oxygens (including phenoxy) is 1. The Kier molecular flexibility index (Phi) is 5.46. The van der Waals surface area contributed by atoms with Gasteiger partial charge in [-0.25, -0.2) is 0 Å². The maximum Gasteiger partial charge on any atom is 0.146 e. The second kappa shape index (κ2) is 7.11. The molecule has 0 bridgehead atoms. The van der Waals surface area contributed by atoms with Gasteiger partial charge in [0.15, 0.2) is 0 Å². The first-order valence-corrected chi connectivity index (χ1v) is 7.67. The number of nitrogens with one attached hydrogen (secondary N) is 1. The third kappa shape index (κ3) is 4.23. The maximum absolute atomic E-state index is 6.08. The molecule has 0 radical (unpaired) electrons. The van der Waals surface area contributed by atoms with Gasteiger partial charge in [-0.3, -0.25) is 0 Å². The summed E-state index contributed by atoms with van der Waals surface area (Å²) in [6.45, 7) is 5.08. The number of hydrogen-bond donors (Lipinski definition) is 1. The van der Waals surface area contributed by atoms with Gasteiger partial charge in [0.25, 0.3) is 0 Å². The van der Waals surface area contributed by atoms with Crippen LogP contribution in [0.5, 0.6) is 11.5 Å². The van der Waals surface area contributed by atoms with Gasteiger partial charge in [-0.05, 0) is 29.8 Å². The average Bonchev–Trinajstić information content (AvgIpc) is 2.40. The van der Waals surface area contributed by atoms with Gasteiger partial charge in [0.05, 0.1) is 5.02 Å². The molecule has 20 heavy (non-hydrogen) atoms. The third-order valence-corrected chi connectivity index (χ3v) is 3.84. The van der Waals surface area contributed by atoms with E-state index in [0.29, 0.717) is 16.8 Å². The van der Waals surface area contributed by atoms with Gasteiger partial charge in [-0.1, -0.05) is 59.6 Å². The molecule has 0 spiro atoms. The lowest BCUT2D eigenvalue weighted by Crippen LogP contribution is -2.21. The van der Waals surface area contributed by atoms with Crippen LogP contribution in [-0.4, -0.2) is 6.04 Å². The summed E-state index contributed by atoms with van der Waals surface area (Å²) in [5.41, 5.74) is 1.20. The molecule has 1 N–H and O–H groups in total. The minimum absolute atomic E-state index is 0.459. The molecule has 0 unspecified atom stereocenters. The van der Waals surface area contributed by atoms with Crippen molar-refractivity contribution in [1.29, 1.82) is 0 Å². The number of rotatable bonds is 5. The molecule has 0 amide bonds. The van der Waals surface area contributed by atoms with Crippen molar-refractivity contribution in [1.82, 2.24) is 5.32 Å². The van der Waals surface area contributed by atoms with E-state index in [1.54, 1.807) is 0 Å². The van der Waals surface area contributed by atoms with Gasteiger partial charge in [-0.2, -0.15) is 0 Å². The first-order chi connectivity index (χ1) is 9.56. The highest BCUT2D eigenvalue weighted by molar-refractivity contribution is 9.10. The molecule has 0 aliphatic carbocycles. The van der Waals surface area contributed by atoms with E-state index in [4.69, 9.17) is 16.3 Å². The quantitative estimate of drug-likeness (QED) is 0.777. The topological polar surface area (TPSA) is 21.3 Å². The van der Waals surface area contributed by atoms with Gasteiger partial charge in [-0.15, -0.1) is 0 Å². The smallest absolute Gasteiger partial charge is 0.146 e. The van der Waals surface area contributed by atoms with E-state index in [9.17, 15) is 0 Å². The molecule has 0 atom stereocenters. The van der Waals surface area contributed by atoms with Crippen LogP contribution < -0.4 is 10.1 Å². The summed E-state index contributed by atoms with van der Waals surface area (Å²) in [6.07, 6.45) is 0. The van der Waals surface area contributed by atoms with Crippen LogP contribution in [0.4, 0.5) is 0 Å². The number of hydrogen-bond acceptors (Lipinski definition) is 2. The second-order valence-corrected chi connectivity index (χ2v) is 6.08. The summed E-state index contributed by atoms with van der Waals surface area (Å²) in [6, 6.07) is 13.9. The van der Waals surface area contributed by atoms with E-state index in [-0.39, 0.29) is 0 Å². The van der Waals surface area contributed by atoms with Crippen LogP contribution in [0.1, 0.15) is 19.4 Å². The van der Waals surface area contributed by atoms with Gasteiger partial charge in [0.1, 0.15) is 11.5 Å². The Morgan fingerprint density at radius 1 is 1.20 bits per heavy atom. The standard InChI is InChI=1S/C16H17BrClNO/c1-11(2)19-10-12-7-8-13(9-14(12)17)20-16-6-4-3-5-15(16)18/h3-9,11,19H,10H2,1-2H3. The molecule has 0 fully saturated rings. The molecule has 0 aliphatic rings. The minimum Gasteiger partial charge on any atom is -0.456 e. The molecule has 2 aromatic carbocycles. The maximum atomic E-state index is 6.08. The lowest BCUT2D eigenvalue weighted by Gasteiger charge is -2.12. The monoisotopic (exact) mass is 353 g/mol. The Morgan fingerprint density at radius 2 is 1.95 bits per heavy atom. The zero-order chi connectivity index (χ0) is 14.5. The highest BCUT2D eigenvalue weighted by Crippen LogP contribution is 2.31. The van der Waals surface area contributed by atoms with Gasteiger partial charge in [0.2, 0.25) is 0 Å². The molecule has 2 nitrogen and oxygen atoms in total. The molecule has 0 saturated heterocycles. The third-order valence-electron chi connectivity index (χ3n) is 2.79. The van der Waals surface area contributed by atoms with Crippen molar-refractivity contribution in [2.45, 2.75) is 26.4 Å². The Labute approximate surface area is 133 Å².